The van der Waals surface area contributed by atoms with E-state index < -0.39 is 6.10 Å². The summed E-state index contributed by atoms with van der Waals surface area (Å²) >= 11 is 0. The Kier molecular flexibility index (Phi) is 38.9. The lowest BCUT2D eigenvalue weighted by Gasteiger charge is -2.18. The molecular weight excluding hydrogens is 661 g/mol. The van der Waals surface area contributed by atoms with Crippen LogP contribution in [-0.2, 0) is 28.6 Å². The normalized spacial score (nSPS) is 12.6. The molecule has 0 rings (SSSR count). The highest BCUT2D eigenvalue weighted by Gasteiger charge is 2.19. The minimum absolute atomic E-state index is 0.0654. The average molecular weight is 751 g/mol. The van der Waals surface area contributed by atoms with Crippen LogP contribution in [0.25, 0.3) is 0 Å². The highest BCUT2D eigenvalue weighted by molar-refractivity contribution is 5.71. The Balaban J connectivity index is 4.34. The van der Waals surface area contributed by atoms with Gasteiger partial charge >= 0.3 is 17.9 Å². The van der Waals surface area contributed by atoms with Gasteiger partial charge < -0.3 is 14.2 Å². The van der Waals surface area contributed by atoms with E-state index in [1.807, 2.05) is 0 Å². The van der Waals surface area contributed by atoms with Crippen LogP contribution in [-0.4, -0.2) is 37.2 Å². The number of hydrogen-bond acceptors (Lipinski definition) is 6. The van der Waals surface area contributed by atoms with Crippen LogP contribution in [0.2, 0.25) is 0 Å². The van der Waals surface area contributed by atoms with Gasteiger partial charge in [-0.25, -0.2) is 0 Å². The van der Waals surface area contributed by atoms with E-state index in [1.54, 1.807) is 0 Å². The van der Waals surface area contributed by atoms with Crippen molar-refractivity contribution in [1.82, 2.24) is 0 Å². The smallest absolute Gasteiger partial charge is 0.306 e. The number of rotatable bonds is 41. The third kappa shape index (κ3) is 39.9. The molecule has 0 saturated heterocycles. The molecule has 314 valence electrons. The van der Waals surface area contributed by atoms with E-state index >= 15 is 0 Å². The first-order valence-electron chi connectivity index (χ1n) is 23.3. The first-order chi connectivity index (χ1) is 25.8. The highest BCUT2D eigenvalue weighted by Crippen LogP contribution is 2.17. The molecule has 0 fully saturated rings. The summed E-state index contributed by atoms with van der Waals surface area (Å²) in [7, 11) is 0. The van der Waals surface area contributed by atoms with Crippen LogP contribution in [0.3, 0.4) is 0 Å². The third-order valence-electron chi connectivity index (χ3n) is 10.8. The topological polar surface area (TPSA) is 78.9 Å². The molecule has 0 aromatic carbocycles. The second-order valence-corrected chi connectivity index (χ2v) is 16.8. The second-order valence-electron chi connectivity index (χ2n) is 16.8. The predicted molar refractivity (Wildman–Crippen MR) is 224 cm³/mol. The third-order valence-corrected chi connectivity index (χ3v) is 10.8. The predicted octanol–water partition coefficient (Wildman–Crippen LogP) is 14.6. The number of carbonyl (C=O) groups is 3. The lowest BCUT2D eigenvalue weighted by Crippen LogP contribution is -2.30. The largest absolute Gasteiger partial charge is 0.462 e. The fourth-order valence-electron chi connectivity index (χ4n) is 6.90. The first kappa shape index (κ1) is 51.4. The Bertz CT molecular complexity index is 811. The van der Waals surface area contributed by atoms with Crippen molar-refractivity contribution in [2.75, 3.05) is 13.2 Å². The second kappa shape index (κ2) is 40.1. The molecule has 0 aliphatic heterocycles. The molecule has 53 heavy (non-hydrogen) atoms. The molecule has 0 saturated carbocycles. The standard InChI is InChI=1S/C47H90O6/c1-6-8-9-10-11-12-13-14-15-18-21-27-32-37-45(48)51-40-44(41-52-46(49)38-33-28-24-23-26-31-36-43(5)7-2)53-47(50)39-34-29-22-19-16-17-20-25-30-35-42(3)4/h42-44H,6-41H2,1-5H3/t43?,44-/m1/s1. The van der Waals surface area contributed by atoms with Crippen LogP contribution < -0.4 is 0 Å². The van der Waals surface area contributed by atoms with Gasteiger partial charge in [-0.05, 0) is 31.1 Å². The van der Waals surface area contributed by atoms with Crippen LogP contribution in [0.5, 0.6) is 0 Å². The van der Waals surface area contributed by atoms with Crippen molar-refractivity contribution in [3.63, 3.8) is 0 Å². The number of carbonyl (C=O) groups excluding carboxylic acids is 3. The molecular formula is C47H90O6. The molecule has 0 aliphatic carbocycles. The van der Waals surface area contributed by atoms with Gasteiger partial charge in [-0.15, -0.1) is 0 Å². The molecule has 0 aliphatic rings. The summed E-state index contributed by atoms with van der Waals surface area (Å²) < 4.78 is 16.7. The van der Waals surface area contributed by atoms with Gasteiger partial charge in [0.1, 0.15) is 13.2 Å². The van der Waals surface area contributed by atoms with Crippen LogP contribution >= 0.6 is 0 Å². The summed E-state index contributed by atoms with van der Waals surface area (Å²) in [5, 5.41) is 0. The number of unbranched alkanes of at least 4 members (excludes halogenated alkanes) is 25. The van der Waals surface area contributed by atoms with Gasteiger partial charge in [-0.1, -0.05) is 214 Å². The lowest BCUT2D eigenvalue weighted by molar-refractivity contribution is -0.167. The molecule has 0 amide bonds. The lowest BCUT2D eigenvalue weighted by atomic mass is 10.00. The quantitative estimate of drug-likeness (QED) is 0.0352. The maximum Gasteiger partial charge on any atom is 0.306 e. The molecule has 2 atom stereocenters. The molecule has 6 nitrogen and oxygen atoms in total. The van der Waals surface area contributed by atoms with Crippen molar-refractivity contribution in [3.8, 4) is 0 Å². The first-order valence-corrected chi connectivity index (χ1v) is 23.3. The van der Waals surface area contributed by atoms with Crippen LogP contribution in [0.1, 0.15) is 253 Å². The summed E-state index contributed by atoms with van der Waals surface area (Å²) in [5.41, 5.74) is 0. The van der Waals surface area contributed by atoms with Gasteiger partial charge in [0.2, 0.25) is 0 Å². The number of ether oxygens (including phenoxy) is 3. The van der Waals surface area contributed by atoms with E-state index in [0.29, 0.717) is 19.3 Å². The van der Waals surface area contributed by atoms with Gasteiger partial charge in [0.15, 0.2) is 6.10 Å². The zero-order valence-corrected chi connectivity index (χ0v) is 36.1. The Hall–Kier alpha value is -1.59. The maximum absolute atomic E-state index is 12.7. The van der Waals surface area contributed by atoms with Gasteiger partial charge in [0, 0.05) is 19.3 Å². The van der Waals surface area contributed by atoms with Crippen molar-refractivity contribution in [2.45, 2.75) is 259 Å². The van der Waals surface area contributed by atoms with E-state index in [1.165, 1.54) is 141 Å². The molecule has 0 spiro atoms. The summed E-state index contributed by atoms with van der Waals surface area (Å²) in [5.74, 6) is 0.761. The van der Waals surface area contributed by atoms with Crippen molar-refractivity contribution in [1.29, 1.82) is 0 Å². The van der Waals surface area contributed by atoms with Crippen LogP contribution in [0.15, 0.2) is 0 Å². The molecule has 6 heteroatoms. The molecule has 1 unspecified atom stereocenters. The zero-order valence-electron chi connectivity index (χ0n) is 36.1. The van der Waals surface area contributed by atoms with E-state index in [9.17, 15) is 14.4 Å². The Morgan fingerprint density at radius 1 is 0.396 bits per heavy atom. The van der Waals surface area contributed by atoms with Crippen LogP contribution in [0.4, 0.5) is 0 Å². The Morgan fingerprint density at radius 2 is 0.717 bits per heavy atom. The summed E-state index contributed by atoms with van der Waals surface area (Å²) in [6.45, 7) is 11.3. The van der Waals surface area contributed by atoms with Gasteiger partial charge in [0.25, 0.3) is 0 Å². The van der Waals surface area contributed by atoms with Crippen molar-refractivity contribution in [3.05, 3.63) is 0 Å². The average Bonchev–Trinajstić information content (AvgIpc) is 3.14. The summed E-state index contributed by atoms with van der Waals surface area (Å²) in [6, 6.07) is 0. The fourth-order valence-corrected chi connectivity index (χ4v) is 6.90. The van der Waals surface area contributed by atoms with Crippen molar-refractivity contribution >= 4 is 17.9 Å². The van der Waals surface area contributed by atoms with Gasteiger partial charge in [-0.3, -0.25) is 14.4 Å². The van der Waals surface area contributed by atoms with Gasteiger partial charge in [0.05, 0.1) is 0 Å². The SMILES string of the molecule is CCCCCCCCCCCCCCCC(=O)OC[C@H](COC(=O)CCCCCCCCC(C)CC)OC(=O)CCCCCCCCCCCC(C)C. The van der Waals surface area contributed by atoms with Crippen LogP contribution in [0, 0.1) is 11.8 Å². The maximum atomic E-state index is 12.7. The molecule has 0 bridgehead atoms. The van der Waals surface area contributed by atoms with E-state index in [0.717, 1.165) is 69.6 Å². The minimum atomic E-state index is -0.761. The Morgan fingerprint density at radius 3 is 1.08 bits per heavy atom. The minimum Gasteiger partial charge on any atom is -0.462 e. The van der Waals surface area contributed by atoms with Crippen molar-refractivity contribution in [2.24, 2.45) is 11.8 Å². The molecule has 0 heterocycles. The monoisotopic (exact) mass is 751 g/mol. The molecule has 0 radical (unpaired) electrons. The molecule has 0 aromatic rings. The molecule has 0 aromatic heterocycles. The van der Waals surface area contributed by atoms with Gasteiger partial charge in [-0.2, -0.15) is 0 Å². The Labute approximate surface area is 329 Å². The highest BCUT2D eigenvalue weighted by atomic mass is 16.6. The van der Waals surface area contributed by atoms with E-state index in [2.05, 4.69) is 34.6 Å². The fraction of sp³-hybridized carbons (Fsp3) is 0.936. The number of hydrogen-bond donors (Lipinski definition) is 0. The van der Waals surface area contributed by atoms with E-state index in [-0.39, 0.29) is 31.1 Å². The van der Waals surface area contributed by atoms with E-state index in [4.69, 9.17) is 14.2 Å². The zero-order chi connectivity index (χ0) is 39.0. The summed E-state index contributed by atoms with van der Waals surface area (Å²) in [4.78, 5) is 37.7. The molecule has 0 N–H and O–H groups in total. The summed E-state index contributed by atoms with van der Waals surface area (Å²) in [6.07, 6.45) is 38.0. The van der Waals surface area contributed by atoms with Crippen molar-refractivity contribution < 1.29 is 28.6 Å². The number of esters is 3.